The van der Waals surface area contributed by atoms with Crippen molar-refractivity contribution >= 4 is 11.6 Å². The van der Waals surface area contributed by atoms with Crippen molar-refractivity contribution in [3.05, 3.63) is 75.7 Å². The predicted molar refractivity (Wildman–Crippen MR) is 93.4 cm³/mol. The van der Waals surface area contributed by atoms with Gasteiger partial charge in [0.1, 0.15) is 5.56 Å². The number of amides is 1. The third-order valence-corrected chi connectivity index (χ3v) is 3.82. The zero-order valence-corrected chi connectivity index (χ0v) is 14.2. The van der Waals surface area contributed by atoms with Crippen LogP contribution in [0.15, 0.2) is 52.9 Å². The second-order valence-corrected chi connectivity index (χ2v) is 5.80. The molecule has 0 atom stereocenters. The van der Waals surface area contributed by atoms with Crippen LogP contribution in [0, 0.1) is 17.0 Å². The van der Waals surface area contributed by atoms with E-state index >= 15 is 0 Å². The first kappa shape index (κ1) is 17.3. The number of aryl methyl sites for hydroxylation is 1. The SMILES string of the molecule is Cc1ccc(-c2nnc(CN(C)C(=O)c3ccccc3[N+](=O)[O-])o2)cc1. The van der Waals surface area contributed by atoms with Crippen molar-refractivity contribution in [2.75, 3.05) is 7.05 Å². The Morgan fingerprint density at radius 3 is 2.54 bits per heavy atom. The molecule has 8 heteroatoms. The molecular weight excluding hydrogens is 336 g/mol. The van der Waals surface area contributed by atoms with Crippen LogP contribution in [-0.2, 0) is 6.54 Å². The van der Waals surface area contributed by atoms with E-state index in [1.54, 1.807) is 6.07 Å². The molecule has 8 nitrogen and oxygen atoms in total. The van der Waals surface area contributed by atoms with Crippen LogP contribution in [0.25, 0.3) is 11.5 Å². The summed E-state index contributed by atoms with van der Waals surface area (Å²) in [6, 6.07) is 13.4. The average Bonchev–Trinajstić information content (AvgIpc) is 3.10. The van der Waals surface area contributed by atoms with Crippen molar-refractivity contribution in [3.63, 3.8) is 0 Å². The Labute approximate surface area is 149 Å². The predicted octanol–water partition coefficient (Wildman–Crippen LogP) is 3.23. The van der Waals surface area contributed by atoms with E-state index < -0.39 is 10.8 Å². The van der Waals surface area contributed by atoms with Gasteiger partial charge in [-0.15, -0.1) is 10.2 Å². The molecule has 0 aliphatic heterocycles. The van der Waals surface area contributed by atoms with Gasteiger partial charge in [-0.1, -0.05) is 29.8 Å². The molecule has 0 fully saturated rings. The number of benzene rings is 2. The van der Waals surface area contributed by atoms with Gasteiger partial charge >= 0.3 is 0 Å². The molecule has 0 saturated heterocycles. The first-order chi connectivity index (χ1) is 12.5. The molecule has 0 unspecified atom stereocenters. The maximum absolute atomic E-state index is 12.5. The highest BCUT2D eigenvalue weighted by Gasteiger charge is 2.23. The molecule has 0 aliphatic carbocycles. The van der Waals surface area contributed by atoms with Crippen LogP contribution in [0.5, 0.6) is 0 Å². The van der Waals surface area contributed by atoms with E-state index in [2.05, 4.69) is 10.2 Å². The highest BCUT2D eigenvalue weighted by atomic mass is 16.6. The van der Waals surface area contributed by atoms with Gasteiger partial charge in [0.25, 0.3) is 11.6 Å². The molecule has 3 aromatic rings. The number of nitro benzene ring substituents is 1. The summed E-state index contributed by atoms with van der Waals surface area (Å²) < 4.78 is 5.59. The van der Waals surface area contributed by atoms with Gasteiger partial charge < -0.3 is 9.32 Å². The van der Waals surface area contributed by atoms with Crippen LogP contribution in [0.1, 0.15) is 21.8 Å². The molecule has 0 bridgehead atoms. The molecule has 0 N–H and O–H groups in total. The van der Waals surface area contributed by atoms with Gasteiger partial charge in [0.05, 0.1) is 11.5 Å². The van der Waals surface area contributed by atoms with E-state index in [0.29, 0.717) is 5.89 Å². The molecule has 0 aliphatic rings. The van der Waals surface area contributed by atoms with Crippen LogP contribution in [-0.4, -0.2) is 33.0 Å². The van der Waals surface area contributed by atoms with Gasteiger partial charge in [0.2, 0.25) is 11.8 Å². The average molecular weight is 352 g/mol. The molecule has 132 valence electrons. The molecular formula is C18H16N4O4. The summed E-state index contributed by atoms with van der Waals surface area (Å²) in [4.78, 5) is 24.3. The summed E-state index contributed by atoms with van der Waals surface area (Å²) in [5, 5.41) is 19.0. The number of nitro groups is 1. The molecule has 0 saturated carbocycles. The fourth-order valence-corrected chi connectivity index (χ4v) is 2.42. The van der Waals surface area contributed by atoms with Crippen LogP contribution in [0.3, 0.4) is 0 Å². The number of carbonyl (C=O) groups excluding carboxylic acids is 1. The number of rotatable bonds is 5. The maximum atomic E-state index is 12.5. The summed E-state index contributed by atoms with van der Waals surface area (Å²) in [5.74, 6) is 0.105. The summed E-state index contributed by atoms with van der Waals surface area (Å²) in [5.41, 5.74) is 1.67. The minimum absolute atomic E-state index is 0.0123. The van der Waals surface area contributed by atoms with Crippen LogP contribution >= 0.6 is 0 Å². The standard InChI is InChI=1S/C18H16N4O4/c1-12-7-9-13(10-8-12)17-20-19-16(26-17)11-21(2)18(23)14-5-3-4-6-15(14)22(24)25/h3-10H,11H2,1-2H3. The van der Waals surface area contributed by atoms with Crippen LogP contribution in [0.2, 0.25) is 0 Å². The van der Waals surface area contributed by atoms with Gasteiger partial charge in [-0.05, 0) is 25.1 Å². The summed E-state index contributed by atoms with van der Waals surface area (Å²) in [6.07, 6.45) is 0. The first-order valence-corrected chi connectivity index (χ1v) is 7.84. The third-order valence-electron chi connectivity index (χ3n) is 3.82. The fourth-order valence-electron chi connectivity index (χ4n) is 2.42. The van der Waals surface area contributed by atoms with E-state index in [9.17, 15) is 14.9 Å². The minimum Gasteiger partial charge on any atom is -0.419 e. The minimum atomic E-state index is -0.580. The molecule has 0 radical (unpaired) electrons. The van der Waals surface area contributed by atoms with E-state index in [-0.39, 0.29) is 23.7 Å². The Morgan fingerprint density at radius 2 is 1.85 bits per heavy atom. The van der Waals surface area contributed by atoms with Crippen molar-refractivity contribution in [2.24, 2.45) is 0 Å². The summed E-state index contributed by atoms with van der Waals surface area (Å²) >= 11 is 0. The molecule has 3 rings (SSSR count). The Morgan fingerprint density at radius 1 is 1.15 bits per heavy atom. The zero-order valence-electron chi connectivity index (χ0n) is 14.2. The lowest BCUT2D eigenvalue weighted by atomic mass is 10.1. The van der Waals surface area contributed by atoms with Crippen LogP contribution < -0.4 is 0 Å². The van der Waals surface area contributed by atoms with Gasteiger partial charge in [0, 0.05) is 18.7 Å². The van der Waals surface area contributed by atoms with Crippen molar-refractivity contribution < 1.29 is 14.1 Å². The van der Waals surface area contributed by atoms with Crippen LogP contribution in [0.4, 0.5) is 5.69 Å². The van der Waals surface area contributed by atoms with Crippen molar-refractivity contribution in [1.82, 2.24) is 15.1 Å². The normalized spacial score (nSPS) is 10.5. The van der Waals surface area contributed by atoms with E-state index in [1.165, 1.54) is 30.1 Å². The molecule has 0 spiro atoms. The Kier molecular flexibility index (Phi) is 4.74. The topological polar surface area (TPSA) is 102 Å². The van der Waals surface area contributed by atoms with Crippen molar-refractivity contribution in [3.8, 4) is 11.5 Å². The monoisotopic (exact) mass is 352 g/mol. The van der Waals surface area contributed by atoms with Crippen molar-refractivity contribution in [2.45, 2.75) is 13.5 Å². The molecule has 26 heavy (non-hydrogen) atoms. The highest BCUT2D eigenvalue weighted by molar-refractivity contribution is 5.97. The zero-order chi connectivity index (χ0) is 18.7. The molecule has 1 heterocycles. The summed E-state index contributed by atoms with van der Waals surface area (Å²) in [7, 11) is 1.52. The second kappa shape index (κ2) is 7.14. The quantitative estimate of drug-likeness (QED) is 0.516. The number of hydrogen-bond acceptors (Lipinski definition) is 6. The second-order valence-electron chi connectivity index (χ2n) is 5.80. The number of aromatic nitrogens is 2. The lowest BCUT2D eigenvalue weighted by Crippen LogP contribution is -2.27. The Hall–Kier alpha value is -3.55. The third kappa shape index (κ3) is 3.59. The lowest BCUT2D eigenvalue weighted by molar-refractivity contribution is -0.385. The van der Waals surface area contributed by atoms with E-state index in [1.807, 2.05) is 31.2 Å². The maximum Gasteiger partial charge on any atom is 0.282 e. The number of hydrogen-bond donors (Lipinski definition) is 0. The largest absolute Gasteiger partial charge is 0.419 e. The number of carbonyl (C=O) groups is 1. The molecule has 2 aromatic carbocycles. The van der Waals surface area contributed by atoms with Gasteiger partial charge in [0.15, 0.2) is 0 Å². The fraction of sp³-hybridized carbons (Fsp3) is 0.167. The number of para-hydroxylation sites is 1. The van der Waals surface area contributed by atoms with Crippen molar-refractivity contribution in [1.29, 1.82) is 0 Å². The molecule has 1 amide bonds. The lowest BCUT2D eigenvalue weighted by Gasteiger charge is -2.14. The van der Waals surface area contributed by atoms with Gasteiger partial charge in [-0.3, -0.25) is 14.9 Å². The van der Waals surface area contributed by atoms with E-state index in [0.717, 1.165) is 11.1 Å². The van der Waals surface area contributed by atoms with Gasteiger partial charge in [-0.2, -0.15) is 0 Å². The smallest absolute Gasteiger partial charge is 0.282 e. The van der Waals surface area contributed by atoms with Gasteiger partial charge in [-0.25, -0.2) is 0 Å². The first-order valence-electron chi connectivity index (χ1n) is 7.84. The number of nitrogens with zero attached hydrogens (tertiary/aromatic N) is 4. The molecule has 1 aromatic heterocycles. The summed E-state index contributed by atoms with van der Waals surface area (Å²) in [6.45, 7) is 2.02. The highest BCUT2D eigenvalue weighted by Crippen LogP contribution is 2.21. The Bertz CT molecular complexity index is 950. The van der Waals surface area contributed by atoms with E-state index in [4.69, 9.17) is 4.42 Å². The Balaban J connectivity index is 1.76.